The Morgan fingerprint density at radius 2 is 2.11 bits per heavy atom. The lowest BCUT2D eigenvalue weighted by molar-refractivity contribution is -0.0430. The normalized spacial score (nSPS) is 15.1. The first-order chi connectivity index (χ1) is 8.52. The Labute approximate surface area is 113 Å². The first-order valence-electron chi connectivity index (χ1n) is 5.93. The predicted octanol–water partition coefficient (Wildman–Crippen LogP) is 1.89. The van der Waals surface area contributed by atoms with Crippen LogP contribution in [0.25, 0.3) is 0 Å². The highest BCUT2D eigenvalue weighted by Gasteiger charge is 2.28. The Balaban J connectivity index is 2.95. The summed E-state index contributed by atoms with van der Waals surface area (Å²) in [7, 11) is 3.20. The molecule has 0 fully saturated rings. The van der Waals surface area contributed by atoms with Crippen LogP contribution in [0, 0.1) is 5.92 Å². The van der Waals surface area contributed by atoms with E-state index in [0.717, 1.165) is 0 Å². The van der Waals surface area contributed by atoms with Crippen molar-refractivity contribution in [2.75, 3.05) is 20.8 Å². The number of aromatic nitrogens is 2. The first-order valence-corrected chi connectivity index (χ1v) is 6.31. The number of nitrogens with zero attached hydrogens (tertiary/aromatic N) is 2. The van der Waals surface area contributed by atoms with Crippen molar-refractivity contribution in [1.82, 2.24) is 9.78 Å². The summed E-state index contributed by atoms with van der Waals surface area (Å²) in [6.45, 7) is 5.03. The molecule has 0 spiro atoms. The van der Waals surface area contributed by atoms with Gasteiger partial charge in [0.25, 0.3) is 0 Å². The van der Waals surface area contributed by atoms with Gasteiger partial charge < -0.3 is 14.6 Å². The highest BCUT2D eigenvalue weighted by atomic mass is 35.5. The van der Waals surface area contributed by atoms with E-state index in [4.69, 9.17) is 21.1 Å². The van der Waals surface area contributed by atoms with Crippen molar-refractivity contribution in [2.45, 2.75) is 32.6 Å². The van der Waals surface area contributed by atoms with Crippen LogP contribution in [0.2, 0.25) is 5.02 Å². The zero-order valence-electron chi connectivity index (χ0n) is 11.3. The number of halogens is 1. The predicted molar refractivity (Wildman–Crippen MR) is 69.7 cm³/mol. The van der Waals surface area contributed by atoms with E-state index in [2.05, 4.69) is 5.10 Å². The van der Waals surface area contributed by atoms with Crippen molar-refractivity contribution in [3.05, 3.63) is 16.9 Å². The van der Waals surface area contributed by atoms with Gasteiger partial charge in [-0.25, -0.2) is 0 Å². The SMILES string of the molecule is COCCn1ncc(Cl)c1C(O)C(OC)C(C)C. The lowest BCUT2D eigenvalue weighted by Crippen LogP contribution is -2.29. The van der Waals surface area contributed by atoms with Gasteiger partial charge >= 0.3 is 0 Å². The fourth-order valence-electron chi connectivity index (χ4n) is 1.94. The lowest BCUT2D eigenvalue weighted by Gasteiger charge is -2.25. The Kier molecular flexibility index (Phi) is 6.08. The molecule has 1 rings (SSSR count). The summed E-state index contributed by atoms with van der Waals surface area (Å²) in [5.41, 5.74) is 0.578. The molecule has 0 radical (unpaired) electrons. The maximum atomic E-state index is 10.4. The number of hydrogen-bond donors (Lipinski definition) is 1. The van der Waals surface area contributed by atoms with Crippen LogP contribution < -0.4 is 0 Å². The molecule has 2 atom stereocenters. The molecule has 2 unspecified atom stereocenters. The number of aliphatic hydroxyl groups excluding tert-OH is 1. The van der Waals surface area contributed by atoms with Gasteiger partial charge in [0.2, 0.25) is 0 Å². The van der Waals surface area contributed by atoms with Gasteiger partial charge in [-0.15, -0.1) is 0 Å². The minimum atomic E-state index is -0.804. The van der Waals surface area contributed by atoms with Crippen molar-refractivity contribution >= 4 is 11.6 Å². The Bertz CT molecular complexity index is 368. The third kappa shape index (κ3) is 3.45. The third-order valence-electron chi connectivity index (χ3n) is 2.86. The largest absolute Gasteiger partial charge is 0.384 e. The fourth-order valence-corrected chi connectivity index (χ4v) is 2.20. The molecular weight excluding hydrogens is 256 g/mol. The van der Waals surface area contributed by atoms with Crippen molar-refractivity contribution in [2.24, 2.45) is 5.92 Å². The maximum absolute atomic E-state index is 10.4. The molecule has 0 aliphatic heterocycles. The Hall–Kier alpha value is -0.620. The van der Waals surface area contributed by atoms with E-state index in [1.54, 1.807) is 18.9 Å². The summed E-state index contributed by atoms with van der Waals surface area (Å²) in [4.78, 5) is 0. The molecule has 0 saturated carbocycles. The number of methoxy groups -OCH3 is 2. The summed E-state index contributed by atoms with van der Waals surface area (Å²) in [5.74, 6) is 0.173. The monoisotopic (exact) mass is 276 g/mol. The minimum Gasteiger partial charge on any atom is -0.384 e. The fraction of sp³-hybridized carbons (Fsp3) is 0.750. The summed E-state index contributed by atoms with van der Waals surface area (Å²) in [6.07, 6.45) is 0.408. The minimum absolute atomic E-state index is 0.173. The molecule has 0 aromatic carbocycles. The highest BCUT2D eigenvalue weighted by Crippen LogP contribution is 2.29. The molecule has 1 heterocycles. The van der Waals surface area contributed by atoms with Crippen LogP contribution in [0.4, 0.5) is 0 Å². The molecule has 104 valence electrons. The summed E-state index contributed by atoms with van der Waals surface area (Å²) >= 11 is 6.08. The molecular formula is C12H21ClN2O3. The van der Waals surface area contributed by atoms with Crippen LogP contribution in [-0.4, -0.2) is 41.8 Å². The van der Waals surface area contributed by atoms with Gasteiger partial charge in [0.05, 0.1) is 36.2 Å². The third-order valence-corrected chi connectivity index (χ3v) is 3.15. The molecule has 5 nitrogen and oxygen atoms in total. The molecule has 1 N–H and O–H groups in total. The zero-order valence-corrected chi connectivity index (χ0v) is 12.0. The van der Waals surface area contributed by atoms with Gasteiger partial charge in [0, 0.05) is 14.2 Å². The topological polar surface area (TPSA) is 56.5 Å². The van der Waals surface area contributed by atoms with Gasteiger partial charge in [-0.2, -0.15) is 5.10 Å². The van der Waals surface area contributed by atoms with E-state index in [0.29, 0.717) is 23.9 Å². The second kappa shape index (κ2) is 7.09. The van der Waals surface area contributed by atoms with E-state index in [1.807, 2.05) is 13.8 Å². The standard InChI is InChI=1S/C12H21ClN2O3/c1-8(2)12(18-4)11(16)10-9(13)7-14-15(10)5-6-17-3/h7-8,11-12,16H,5-6H2,1-4H3. The van der Waals surface area contributed by atoms with E-state index < -0.39 is 6.10 Å². The van der Waals surface area contributed by atoms with Crippen molar-refractivity contribution in [1.29, 1.82) is 0 Å². The molecule has 0 saturated heterocycles. The van der Waals surface area contributed by atoms with E-state index in [9.17, 15) is 5.11 Å². The van der Waals surface area contributed by atoms with Crippen LogP contribution in [0.5, 0.6) is 0 Å². The molecule has 6 heteroatoms. The van der Waals surface area contributed by atoms with Gasteiger partial charge in [0.15, 0.2) is 0 Å². The van der Waals surface area contributed by atoms with Gasteiger partial charge in [-0.1, -0.05) is 25.4 Å². The molecule has 0 aliphatic rings. The quantitative estimate of drug-likeness (QED) is 0.826. The average molecular weight is 277 g/mol. The van der Waals surface area contributed by atoms with Crippen molar-refractivity contribution < 1.29 is 14.6 Å². The molecule has 0 bridgehead atoms. The van der Waals surface area contributed by atoms with E-state index in [-0.39, 0.29) is 12.0 Å². The van der Waals surface area contributed by atoms with Gasteiger partial charge in [0.1, 0.15) is 6.10 Å². The Morgan fingerprint density at radius 1 is 1.44 bits per heavy atom. The number of aliphatic hydroxyl groups is 1. The molecule has 1 aromatic heterocycles. The number of rotatable bonds is 7. The number of ether oxygens (including phenoxy) is 2. The summed E-state index contributed by atoms with van der Waals surface area (Å²) < 4.78 is 12.0. The zero-order chi connectivity index (χ0) is 13.7. The smallest absolute Gasteiger partial charge is 0.123 e. The molecule has 0 aliphatic carbocycles. The van der Waals surface area contributed by atoms with Gasteiger partial charge in [-0.05, 0) is 5.92 Å². The average Bonchev–Trinajstić information content (AvgIpc) is 2.68. The van der Waals surface area contributed by atoms with E-state index >= 15 is 0 Å². The van der Waals surface area contributed by atoms with Crippen LogP contribution in [0.15, 0.2) is 6.20 Å². The second-order valence-electron chi connectivity index (χ2n) is 4.48. The van der Waals surface area contributed by atoms with Crippen LogP contribution in [0.3, 0.4) is 0 Å². The van der Waals surface area contributed by atoms with Gasteiger partial charge in [-0.3, -0.25) is 4.68 Å². The van der Waals surface area contributed by atoms with Crippen molar-refractivity contribution in [3.63, 3.8) is 0 Å². The highest BCUT2D eigenvalue weighted by molar-refractivity contribution is 6.31. The van der Waals surface area contributed by atoms with Crippen LogP contribution >= 0.6 is 11.6 Å². The number of hydrogen-bond acceptors (Lipinski definition) is 4. The lowest BCUT2D eigenvalue weighted by atomic mass is 9.99. The maximum Gasteiger partial charge on any atom is 0.123 e. The first kappa shape index (κ1) is 15.4. The molecule has 0 amide bonds. The van der Waals surface area contributed by atoms with Crippen molar-refractivity contribution in [3.8, 4) is 0 Å². The summed E-state index contributed by atoms with van der Waals surface area (Å²) in [6, 6.07) is 0. The molecule has 18 heavy (non-hydrogen) atoms. The summed E-state index contributed by atoms with van der Waals surface area (Å²) in [5, 5.41) is 15.0. The second-order valence-corrected chi connectivity index (χ2v) is 4.89. The van der Waals surface area contributed by atoms with Crippen LogP contribution in [-0.2, 0) is 16.0 Å². The molecule has 1 aromatic rings. The van der Waals surface area contributed by atoms with Crippen LogP contribution in [0.1, 0.15) is 25.6 Å². The Morgan fingerprint density at radius 3 is 2.61 bits per heavy atom. The van der Waals surface area contributed by atoms with E-state index in [1.165, 1.54) is 6.20 Å².